The lowest BCUT2D eigenvalue weighted by molar-refractivity contribution is 0.653. The lowest BCUT2D eigenvalue weighted by Gasteiger charge is -1.92. The van der Waals surface area contributed by atoms with Crippen LogP contribution >= 0.6 is 22.6 Å². The van der Waals surface area contributed by atoms with E-state index in [0.29, 0.717) is 0 Å². The number of H-pyrrole nitrogens is 1. The lowest BCUT2D eigenvalue weighted by Crippen LogP contribution is -2.32. The normalized spacial score (nSPS) is 9.80. The zero-order valence-electron chi connectivity index (χ0n) is 5.09. The summed E-state index contributed by atoms with van der Waals surface area (Å²) in [7, 11) is 1.47. The van der Waals surface area contributed by atoms with Gasteiger partial charge in [-0.05, 0) is 22.6 Å². The smallest absolute Gasteiger partial charge is 0.270 e. The number of aromatic amines is 1. The highest BCUT2D eigenvalue weighted by atomic mass is 127. The highest BCUT2D eigenvalue weighted by molar-refractivity contribution is 14.1. The summed E-state index contributed by atoms with van der Waals surface area (Å²) in [6, 6.07) is 0. The maximum absolute atomic E-state index is 10.7. The molecule has 0 spiro atoms. The largest absolute Gasteiger partial charge is 0.344 e. The van der Waals surface area contributed by atoms with E-state index in [2.05, 4.69) is 10.1 Å². The van der Waals surface area contributed by atoms with Crippen LogP contribution in [0.5, 0.6) is 0 Å². The van der Waals surface area contributed by atoms with Gasteiger partial charge >= 0.3 is 5.69 Å². The molecule has 1 heterocycles. The van der Waals surface area contributed by atoms with Crippen molar-refractivity contribution >= 4 is 22.6 Å². The molecule has 0 unspecified atom stereocenters. The molecule has 6 heteroatoms. The van der Waals surface area contributed by atoms with E-state index < -0.39 is 11.2 Å². The summed E-state index contributed by atoms with van der Waals surface area (Å²) in [4.78, 5) is 23.4. The number of nitrogens with zero attached hydrogens (tertiary/aromatic N) is 2. The van der Waals surface area contributed by atoms with Crippen LogP contribution in [-0.2, 0) is 7.05 Å². The van der Waals surface area contributed by atoms with Crippen LogP contribution in [0.4, 0.5) is 0 Å². The van der Waals surface area contributed by atoms with E-state index in [4.69, 9.17) is 0 Å². The molecule has 1 aromatic heterocycles. The highest BCUT2D eigenvalue weighted by Gasteiger charge is 1.97. The lowest BCUT2D eigenvalue weighted by atomic mass is 10.8. The van der Waals surface area contributed by atoms with Gasteiger partial charge in [-0.25, -0.2) is 9.48 Å². The van der Waals surface area contributed by atoms with Crippen molar-refractivity contribution in [3.8, 4) is 0 Å². The summed E-state index contributed by atoms with van der Waals surface area (Å²) in [6.45, 7) is 0. The first-order chi connectivity index (χ1) is 4.61. The van der Waals surface area contributed by atoms with Gasteiger partial charge in [-0.15, -0.1) is 0 Å². The zero-order chi connectivity index (χ0) is 7.72. The van der Waals surface area contributed by atoms with Crippen molar-refractivity contribution in [2.45, 2.75) is 0 Å². The van der Waals surface area contributed by atoms with Crippen LogP contribution < -0.4 is 11.2 Å². The van der Waals surface area contributed by atoms with Gasteiger partial charge in [0, 0.05) is 7.05 Å². The monoisotopic (exact) mass is 253 g/mol. The SMILES string of the molecule is Cn1nc(I)c(=O)[nH]c1=O. The van der Waals surface area contributed by atoms with Crippen molar-refractivity contribution in [1.29, 1.82) is 0 Å². The molecule has 0 aliphatic carbocycles. The standard InChI is InChI=1S/C4H4IN3O2/c1-8-4(10)6-3(9)2(5)7-8/h1H3,(H,6,9,10). The second-order valence-corrected chi connectivity index (χ2v) is 2.70. The number of hydrogen-bond acceptors (Lipinski definition) is 3. The van der Waals surface area contributed by atoms with Gasteiger partial charge in [-0.3, -0.25) is 9.78 Å². The number of hydrogen-bond donors (Lipinski definition) is 1. The van der Waals surface area contributed by atoms with Crippen LogP contribution in [0.25, 0.3) is 0 Å². The summed E-state index contributed by atoms with van der Waals surface area (Å²) >= 11 is 1.75. The number of aromatic nitrogens is 3. The molecule has 0 aliphatic rings. The van der Waals surface area contributed by atoms with E-state index in [1.807, 2.05) is 0 Å². The van der Waals surface area contributed by atoms with Crippen LogP contribution in [0.15, 0.2) is 9.59 Å². The fourth-order valence-electron chi connectivity index (χ4n) is 0.452. The van der Waals surface area contributed by atoms with Crippen LogP contribution in [0.2, 0.25) is 0 Å². The Labute approximate surface area is 69.2 Å². The molecule has 0 saturated heterocycles. The quantitative estimate of drug-likeness (QED) is 0.607. The van der Waals surface area contributed by atoms with Crippen molar-refractivity contribution in [3.05, 3.63) is 24.5 Å². The fraction of sp³-hybridized carbons (Fsp3) is 0.250. The predicted octanol–water partition coefficient (Wildman–Crippen LogP) is -0.927. The molecule has 10 heavy (non-hydrogen) atoms. The number of nitrogens with one attached hydrogen (secondary N) is 1. The van der Waals surface area contributed by atoms with Gasteiger partial charge in [0.05, 0.1) is 0 Å². The Balaban J connectivity index is 3.59. The van der Waals surface area contributed by atoms with Gasteiger partial charge in [-0.2, -0.15) is 5.10 Å². The Bertz CT molecular complexity index is 321. The van der Waals surface area contributed by atoms with Gasteiger partial charge in [0.2, 0.25) is 0 Å². The third-order valence-electron chi connectivity index (χ3n) is 0.940. The van der Waals surface area contributed by atoms with E-state index in [1.54, 1.807) is 22.6 Å². The fourth-order valence-corrected chi connectivity index (χ4v) is 0.911. The third-order valence-corrected chi connectivity index (χ3v) is 1.65. The average molecular weight is 253 g/mol. The molecule has 1 aromatic rings. The molecule has 1 N–H and O–H groups in total. The molecule has 0 radical (unpaired) electrons. The van der Waals surface area contributed by atoms with Crippen molar-refractivity contribution in [2.24, 2.45) is 7.05 Å². The maximum Gasteiger partial charge on any atom is 0.344 e. The van der Waals surface area contributed by atoms with Gasteiger partial charge in [0.15, 0.2) is 3.70 Å². The van der Waals surface area contributed by atoms with Gasteiger partial charge < -0.3 is 0 Å². The molecule has 0 aliphatic heterocycles. The topological polar surface area (TPSA) is 67.8 Å². The Morgan fingerprint density at radius 3 is 2.70 bits per heavy atom. The molecule has 1 rings (SSSR count). The average Bonchev–Trinajstić information content (AvgIpc) is 1.84. The maximum atomic E-state index is 10.7. The number of halogens is 1. The highest BCUT2D eigenvalue weighted by Crippen LogP contribution is 1.83. The van der Waals surface area contributed by atoms with Crippen molar-refractivity contribution in [3.63, 3.8) is 0 Å². The Kier molecular flexibility index (Phi) is 1.88. The molecule has 5 nitrogen and oxygen atoms in total. The van der Waals surface area contributed by atoms with E-state index >= 15 is 0 Å². The first kappa shape index (κ1) is 7.45. The molecule has 0 aromatic carbocycles. The first-order valence-corrected chi connectivity index (χ1v) is 3.52. The minimum Gasteiger partial charge on any atom is -0.270 e. The summed E-state index contributed by atoms with van der Waals surface area (Å²) in [5, 5.41) is 3.62. The Hall–Kier alpha value is -0.660. The molecular weight excluding hydrogens is 249 g/mol. The Morgan fingerprint density at radius 1 is 1.60 bits per heavy atom. The minimum absolute atomic E-state index is 0.264. The van der Waals surface area contributed by atoms with Crippen LogP contribution in [0.3, 0.4) is 0 Å². The van der Waals surface area contributed by atoms with Crippen LogP contribution in [0, 0.1) is 3.70 Å². The van der Waals surface area contributed by atoms with Crippen molar-refractivity contribution < 1.29 is 0 Å². The van der Waals surface area contributed by atoms with E-state index in [-0.39, 0.29) is 3.70 Å². The zero-order valence-corrected chi connectivity index (χ0v) is 7.25. The number of rotatable bonds is 0. The molecular formula is C4H4IN3O2. The molecule has 0 saturated carbocycles. The molecule has 0 atom stereocenters. The van der Waals surface area contributed by atoms with Crippen LogP contribution in [-0.4, -0.2) is 14.8 Å². The molecule has 0 amide bonds. The van der Waals surface area contributed by atoms with E-state index in [9.17, 15) is 9.59 Å². The second kappa shape index (κ2) is 2.52. The molecule has 0 fully saturated rings. The van der Waals surface area contributed by atoms with Crippen molar-refractivity contribution in [1.82, 2.24) is 14.8 Å². The van der Waals surface area contributed by atoms with Crippen LogP contribution in [0.1, 0.15) is 0 Å². The Morgan fingerprint density at radius 2 is 2.20 bits per heavy atom. The summed E-state index contributed by atoms with van der Waals surface area (Å²) < 4.78 is 1.34. The summed E-state index contributed by atoms with van der Waals surface area (Å²) in [5.41, 5.74) is -0.936. The predicted molar refractivity (Wildman–Crippen MR) is 42.8 cm³/mol. The minimum atomic E-state index is -0.495. The summed E-state index contributed by atoms with van der Waals surface area (Å²) in [6.07, 6.45) is 0. The van der Waals surface area contributed by atoms with Crippen molar-refractivity contribution in [2.75, 3.05) is 0 Å². The van der Waals surface area contributed by atoms with Gasteiger partial charge in [-0.1, -0.05) is 0 Å². The number of aryl methyl sites for hydroxylation is 1. The van der Waals surface area contributed by atoms with Gasteiger partial charge in [0.1, 0.15) is 0 Å². The molecule has 0 bridgehead atoms. The second-order valence-electron chi connectivity index (χ2n) is 1.67. The summed E-state index contributed by atoms with van der Waals surface area (Å²) in [5.74, 6) is 0. The molecule has 54 valence electrons. The van der Waals surface area contributed by atoms with Gasteiger partial charge in [0.25, 0.3) is 5.56 Å². The van der Waals surface area contributed by atoms with E-state index in [0.717, 1.165) is 4.68 Å². The first-order valence-electron chi connectivity index (χ1n) is 2.44. The van der Waals surface area contributed by atoms with E-state index in [1.165, 1.54) is 7.05 Å². The third kappa shape index (κ3) is 1.25.